The molecule has 3 rings (SSSR count). The van der Waals surface area contributed by atoms with Crippen LogP contribution in [-0.4, -0.2) is 31.0 Å². The molecule has 0 radical (unpaired) electrons. The molecule has 1 aliphatic rings. The number of carbonyl (C=O) groups excluding carboxylic acids is 1. The van der Waals surface area contributed by atoms with Crippen molar-refractivity contribution in [2.75, 3.05) is 20.2 Å². The normalized spacial score (nSPS) is 14.1. The average molecular weight is 292 g/mol. The minimum atomic E-state index is -0.0227. The molecule has 1 amide bonds. The molecule has 0 bridgehead atoms. The first kappa shape index (κ1) is 14.2. The van der Waals surface area contributed by atoms with Crippen molar-refractivity contribution in [3.8, 4) is 22.9 Å². The minimum Gasteiger partial charge on any atom is -0.497 e. The molecule has 0 N–H and O–H groups in total. The molecular formula is C18H16N2O2. The number of nitriles is 1. The van der Waals surface area contributed by atoms with Crippen molar-refractivity contribution >= 4 is 5.91 Å². The number of methoxy groups -OCH3 is 1. The molecule has 0 unspecified atom stereocenters. The Labute approximate surface area is 129 Å². The van der Waals surface area contributed by atoms with Gasteiger partial charge in [-0.3, -0.25) is 4.79 Å². The van der Waals surface area contributed by atoms with Gasteiger partial charge in [0.2, 0.25) is 0 Å². The van der Waals surface area contributed by atoms with Crippen LogP contribution in [0.3, 0.4) is 0 Å². The van der Waals surface area contributed by atoms with E-state index in [1.54, 1.807) is 12.0 Å². The van der Waals surface area contributed by atoms with E-state index in [0.717, 1.165) is 16.9 Å². The van der Waals surface area contributed by atoms with Crippen LogP contribution in [0.5, 0.6) is 5.75 Å². The van der Waals surface area contributed by atoms with E-state index in [1.807, 2.05) is 48.5 Å². The largest absolute Gasteiger partial charge is 0.497 e. The van der Waals surface area contributed by atoms with Gasteiger partial charge < -0.3 is 9.64 Å². The van der Waals surface area contributed by atoms with Crippen LogP contribution in [0, 0.1) is 17.2 Å². The molecule has 4 heteroatoms. The number of ether oxygens (including phenoxy) is 1. The zero-order chi connectivity index (χ0) is 15.5. The number of amides is 1. The minimum absolute atomic E-state index is 0.0174. The van der Waals surface area contributed by atoms with Crippen LogP contribution in [0.15, 0.2) is 48.5 Å². The fourth-order valence-electron chi connectivity index (χ4n) is 2.54. The number of carbonyl (C=O) groups is 1. The van der Waals surface area contributed by atoms with Crippen molar-refractivity contribution in [1.82, 2.24) is 4.90 Å². The second-order valence-corrected chi connectivity index (χ2v) is 5.35. The van der Waals surface area contributed by atoms with Crippen molar-refractivity contribution in [1.29, 1.82) is 5.26 Å². The Morgan fingerprint density at radius 2 is 1.86 bits per heavy atom. The predicted octanol–water partition coefficient (Wildman–Crippen LogP) is 2.96. The first-order valence-corrected chi connectivity index (χ1v) is 7.14. The highest BCUT2D eigenvalue weighted by molar-refractivity contribution is 5.96. The average Bonchev–Trinajstić information content (AvgIpc) is 2.54. The maximum Gasteiger partial charge on any atom is 0.253 e. The number of hydrogen-bond acceptors (Lipinski definition) is 3. The summed E-state index contributed by atoms with van der Waals surface area (Å²) in [6, 6.07) is 17.5. The summed E-state index contributed by atoms with van der Waals surface area (Å²) in [5.74, 6) is 0.746. The third kappa shape index (κ3) is 2.66. The van der Waals surface area contributed by atoms with Gasteiger partial charge in [-0.2, -0.15) is 5.26 Å². The molecule has 0 saturated carbocycles. The molecule has 2 aromatic carbocycles. The SMILES string of the molecule is COc1cccc(-c2cccc(C(=O)N3CC(C#N)C3)c2)c1. The van der Waals surface area contributed by atoms with E-state index in [0.29, 0.717) is 18.7 Å². The summed E-state index contributed by atoms with van der Waals surface area (Å²) in [4.78, 5) is 14.1. The highest BCUT2D eigenvalue weighted by atomic mass is 16.5. The summed E-state index contributed by atoms with van der Waals surface area (Å²) in [5, 5.41) is 8.80. The van der Waals surface area contributed by atoms with E-state index in [1.165, 1.54) is 0 Å². The second kappa shape index (κ2) is 5.90. The van der Waals surface area contributed by atoms with E-state index in [2.05, 4.69) is 6.07 Å². The zero-order valence-corrected chi connectivity index (χ0v) is 12.3. The van der Waals surface area contributed by atoms with Crippen LogP contribution < -0.4 is 4.74 Å². The Balaban J connectivity index is 1.84. The van der Waals surface area contributed by atoms with Gasteiger partial charge in [0, 0.05) is 18.7 Å². The number of likely N-dealkylation sites (tertiary alicyclic amines) is 1. The lowest BCUT2D eigenvalue weighted by molar-refractivity contribution is 0.0577. The smallest absolute Gasteiger partial charge is 0.253 e. The van der Waals surface area contributed by atoms with Crippen molar-refractivity contribution in [2.45, 2.75) is 0 Å². The maximum atomic E-state index is 12.4. The predicted molar refractivity (Wildman–Crippen MR) is 83.4 cm³/mol. The third-order valence-electron chi connectivity index (χ3n) is 3.86. The van der Waals surface area contributed by atoms with Crippen LogP contribution in [0.25, 0.3) is 11.1 Å². The Kier molecular flexibility index (Phi) is 3.80. The molecule has 1 saturated heterocycles. The molecule has 0 spiro atoms. The third-order valence-corrected chi connectivity index (χ3v) is 3.86. The Morgan fingerprint density at radius 3 is 2.55 bits per heavy atom. The van der Waals surface area contributed by atoms with E-state index < -0.39 is 0 Å². The number of benzene rings is 2. The van der Waals surface area contributed by atoms with Crippen LogP contribution in [0.1, 0.15) is 10.4 Å². The first-order valence-electron chi connectivity index (χ1n) is 7.14. The second-order valence-electron chi connectivity index (χ2n) is 5.35. The van der Waals surface area contributed by atoms with E-state index >= 15 is 0 Å². The van der Waals surface area contributed by atoms with Crippen LogP contribution in [0.4, 0.5) is 0 Å². The van der Waals surface area contributed by atoms with Gasteiger partial charge in [-0.15, -0.1) is 0 Å². The molecule has 0 aromatic heterocycles. The van der Waals surface area contributed by atoms with Crippen molar-refractivity contribution < 1.29 is 9.53 Å². The molecule has 22 heavy (non-hydrogen) atoms. The summed E-state index contributed by atoms with van der Waals surface area (Å²) in [7, 11) is 1.63. The monoisotopic (exact) mass is 292 g/mol. The van der Waals surface area contributed by atoms with Crippen molar-refractivity contribution in [3.05, 3.63) is 54.1 Å². The summed E-state index contributed by atoms with van der Waals surface area (Å²) in [6.45, 7) is 1.05. The van der Waals surface area contributed by atoms with Crippen LogP contribution >= 0.6 is 0 Å². The molecule has 4 nitrogen and oxygen atoms in total. The topological polar surface area (TPSA) is 53.3 Å². The van der Waals surface area contributed by atoms with Crippen LogP contribution in [0.2, 0.25) is 0 Å². The van der Waals surface area contributed by atoms with Gasteiger partial charge in [0.1, 0.15) is 5.75 Å². The van der Waals surface area contributed by atoms with Gasteiger partial charge >= 0.3 is 0 Å². The lowest BCUT2D eigenvalue weighted by Gasteiger charge is -2.35. The van der Waals surface area contributed by atoms with Crippen molar-refractivity contribution in [3.63, 3.8) is 0 Å². The van der Waals surface area contributed by atoms with Gasteiger partial charge in [-0.1, -0.05) is 24.3 Å². The molecule has 1 heterocycles. The highest BCUT2D eigenvalue weighted by Gasteiger charge is 2.31. The highest BCUT2D eigenvalue weighted by Crippen LogP contribution is 2.26. The molecule has 1 aliphatic heterocycles. The molecule has 0 aliphatic carbocycles. The lowest BCUT2D eigenvalue weighted by atomic mass is 9.98. The van der Waals surface area contributed by atoms with Gasteiger partial charge in [-0.05, 0) is 35.4 Å². The molecule has 110 valence electrons. The first-order chi connectivity index (χ1) is 10.7. The Hall–Kier alpha value is -2.80. The number of nitrogens with zero attached hydrogens (tertiary/aromatic N) is 2. The number of hydrogen-bond donors (Lipinski definition) is 0. The fourth-order valence-corrected chi connectivity index (χ4v) is 2.54. The maximum absolute atomic E-state index is 12.4. The Morgan fingerprint density at radius 1 is 1.18 bits per heavy atom. The summed E-state index contributed by atoms with van der Waals surface area (Å²) in [6.07, 6.45) is 0. The summed E-state index contributed by atoms with van der Waals surface area (Å²) in [5.41, 5.74) is 2.63. The van der Waals surface area contributed by atoms with E-state index in [9.17, 15) is 4.79 Å². The quantitative estimate of drug-likeness (QED) is 0.874. The number of rotatable bonds is 3. The van der Waals surface area contributed by atoms with Crippen molar-refractivity contribution in [2.24, 2.45) is 5.92 Å². The molecule has 2 aromatic rings. The van der Waals surface area contributed by atoms with E-state index in [-0.39, 0.29) is 11.8 Å². The van der Waals surface area contributed by atoms with Gasteiger partial charge in [0.15, 0.2) is 0 Å². The van der Waals surface area contributed by atoms with Gasteiger partial charge in [-0.25, -0.2) is 0 Å². The standard InChI is InChI=1S/C18H16N2O2/c1-22-17-7-3-5-15(9-17)14-4-2-6-16(8-14)18(21)20-11-13(10-19)12-20/h2-9,13H,11-12H2,1H3. The molecule has 0 atom stereocenters. The van der Waals surface area contributed by atoms with Gasteiger partial charge in [0.05, 0.1) is 19.1 Å². The lowest BCUT2D eigenvalue weighted by Crippen LogP contribution is -2.49. The Bertz CT molecular complexity index is 743. The summed E-state index contributed by atoms with van der Waals surface area (Å²) >= 11 is 0. The zero-order valence-electron chi connectivity index (χ0n) is 12.3. The summed E-state index contributed by atoms with van der Waals surface area (Å²) < 4.78 is 5.24. The fraction of sp³-hybridized carbons (Fsp3) is 0.222. The van der Waals surface area contributed by atoms with Crippen LogP contribution in [-0.2, 0) is 0 Å². The molecular weight excluding hydrogens is 276 g/mol. The van der Waals surface area contributed by atoms with Gasteiger partial charge in [0.25, 0.3) is 5.91 Å². The van der Waals surface area contributed by atoms with E-state index in [4.69, 9.17) is 10.00 Å². The molecule has 1 fully saturated rings.